The molecule has 3 aromatic carbocycles. The largest absolute Gasteiger partial charge is 0.497 e. The molecule has 0 saturated carbocycles. The van der Waals surface area contributed by atoms with Crippen molar-refractivity contribution in [1.82, 2.24) is 4.90 Å². The summed E-state index contributed by atoms with van der Waals surface area (Å²) in [6.07, 6.45) is 0. The molecule has 0 unspecified atom stereocenters. The van der Waals surface area contributed by atoms with Crippen LogP contribution in [0.25, 0.3) is 0 Å². The quantitative estimate of drug-likeness (QED) is 0.569. The zero-order valence-electron chi connectivity index (χ0n) is 18.2. The van der Waals surface area contributed by atoms with Gasteiger partial charge in [-0.15, -0.1) is 0 Å². The van der Waals surface area contributed by atoms with E-state index in [-0.39, 0.29) is 4.90 Å². The maximum absolute atomic E-state index is 13.0. The molecule has 0 aliphatic carbocycles. The van der Waals surface area contributed by atoms with Crippen molar-refractivity contribution in [3.05, 3.63) is 72.3 Å². The van der Waals surface area contributed by atoms with Gasteiger partial charge in [-0.3, -0.25) is 4.72 Å². The highest BCUT2D eigenvalue weighted by Crippen LogP contribution is 2.39. The number of methoxy groups -OCH3 is 1. The van der Waals surface area contributed by atoms with E-state index in [0.29, 0.717) is 22.9 Å². The molecular formula is C24H25N3O4S. The summed E-state index contributed by atoms with van der Waals surface area (Å²) in [5.74, 6) is 2.47. The van der Waals surface area contributed by atoms with E-state index in [1.54, 1.807) is 30.3 Å². The third-order valence-corrected chi connectivity index (χ3v) is 6.58. The van der Waals surface area contributed by atoms with E-state index in [1.165, 1.54) is 19.2 Å². The lowest BCUT2D eigenvalue weighted by Crippen LogP contribution is -2.31. The second-order valence-corrected chi connectivity index (χ2v) is 8.86. The first-order valence-electron chi connectivity index (χ1n) is 10.4. The van der Waals surface area contributed by atoms with Crippen molar-refractivity contribution in [1.29, 1.82) is 0 Å². The summed E-state index contributed by atoms with van der Waals surface area (Å²) in [5, 5.41) is 0. The molecule has 8 heteroatoms. The predicted molar refractivity (Wildman–Crippen MR) is 126 cm³/mol. The molecule has 7 nitrogen and oxygen atoms in total. The molecule has 0 amide bonds. The third kappa shape index (κ3) is 4.27. The lowest BCUT2D eigenvalue weighted by Gasteiger charge is -2.23. The van der Waals surface area contributed by atoms with Crippen molar-refractivity contribution >= 4 is 27.2 Å². The summed E-state index contributed by atoms with van der Waals surface area (Å²) in [4.78, 5) is 7.10. The third-order valence-electron chi connectivity index (χ3n) is 5.20. The minimum Gasteiger partial charge on any atom is -0.497 e. The van der Waals surface area contributed by atoms with E-state index in [0.717, 1.165) is 30.2 Å². The summed E-state index contributed by atoms with van der Waals surface area (Å²) < 4.78 is 39.9. The Hall–Kier alpha value is -3.52. The van der Waals surface area contributed by atoms with Crippen LogP contribution in [-0.4, -0.2) is 39.4 Å². The molecule has 3 aromatic rings. The topological polar surface area (TPSA) is 80.2 Å². The zero-order chi connectivity index (χ0) is 22.7. The first-order chi connectivity index (χ1) is 15.4. The molecule has 0 radical (unpaired) electrons. The number of anilines is 1. The van der Waals surface area contributed by atoms with Crippen LogP contribution >= 0.6 is 0 Å². The average molecular weight is 452 g/mol. The standard InChI is InChI=1S/C24H25N3O4S/c1-4-27(5-2)24-20-15-17(26-32(28,29)19-10-8-9-18(16-19)30-3)13-14-22(20)31-23-12-7-6-11-21(23)25-24/h6-16,26H,4-5H2,1-3H3. The number of sulfonamides is 1. The molecule has 0 atom stereocenters. The number of fused-ring (bicyclic) bond motifs is 2. The molecule has 0 aromatic heterocycles. The highest BCUT2D eigenvalue weighted by molar-refractivity contribution is 7.92. The number of ether oxygens (including phenoxy) is 2. The smallest absolute Gasteiger partial charge is 0.262 e. The summed E-state index contributed by atoms with van der Waals surface area (Å²) in [5.41, 5.74) is 1.86. The van der Waals surface area contributed by atoms with E-state index in [9.17, 15) is 8.42 Å². The molecule has 4 rings (SSSR count). The SMILES string of the molecule is CCN(CC)C1=Nc2ccccc2Oc2ccc(NS(=O)(=O)c3cccc(OC)c3)cc21. The van der Waals surface area contributed by atoms with Crippen molar-refractivity contribution in [2.24, 2.45) is 4.99 Å². The molecule has 32 heavy (non-hydrogen) atoms. The van der Waals surface area contributed by atoms with Crippen molar-refractivity contribution < 1.29 is 17.9 Å². The van der Waals surface area contributed by atoms with Gasteiger partial charge in [-0.1, -0.05) is 18.2 Å². The van der Waals surface area contributed by atoms with Gasteiger partial charge in [0, 0.05) is 24.8 Å². The normalized spacial score (nSPS) is 12.5. The number of aliphatic imine (C=N–C) groups is 1. The van der Waals surface area contributed by atoms with Crippen molar-refractivity contribution in [2.75, 3.05) is 24.9 Å². The number of rotatable bonds is 6. The van der Waals surface area contributed by atoms with Gasteiger partial charge in [0.15, 0.2) is 5.75 Å². The minimum absolute atomic E-state index is 0.119. The molecule has 1 aliphatic rings. The van der Waals surface area contributed by atoms with Gasteiger partial charge in [0.2, 0.25) is 0 Å². The van der Waals surface area contributed by atoms with Crippen LogP contribution in [0, 0.1) is 0 Å². The summed E-state index contributed by atoms with van der Waals surface area (Å²) in [7, 11) is -2.31. The monoisotopic (exact) mass is 451 g/mol. The Bertz CT molecular complexity index is 1270. The Morgan fingerprint density at radius 3 is 2.50 bits per heavy atom. The fourth-order valence-electron chi connectivity index (χ4n) is 3.53. The van der Waals surface area contributed by atoms with Crippen LogP contribution in [0.2, 0.25) is 0 Å². The number of nitrogens with one attached hydrogen (secondary N) is 1. The lowest BCUT2D eigenvalue weighted by molar-refractivity contribution is 0.413. The van der Waals surface area contributed by atoms with Crippen LogP contribution in [0.1, 0.15) is 19.4 Å². The van der Waals surface area contributed by atoms with Crippen LogP contribution in [0.3, 0.4) is 0 Å². The second-order valence-electron chi connectivity index (χ2n) is 7.17. The van der Waals surface area contributed by atoms with E-state index >= 15 is 0 Å². The molecule has 1 heterocycles. The number of nitrogens with zero attached hydrogens (tertiary/aromatic N) is 2. The van der Waals surface area contributed by atoms with E-state index in [4.69, 9.17) is 14.5 Å². The highest BCUT2D eigenvalue weighted by atomic mass is 32.2. The van der Waals surface area contributed by atoms with Crippen molar-refractivity contribution in [3.8, 4) is 17.2 Å². The van der Waals surface area contributed by atoms with E-state index in [1.807, 2.05) is 24.3 Å². The lowest BCUT2D eigenvalue weighted by atomic mass is 10.1. The van der Waals surface area contributed by atoms with E-state index in [2.05, 4.69) is 23.5 Å². The Morgan fingerprint density at radius 1 is 0.969 bits per heavy atom. The van der Waals surface area contributed by atoms with Crippen LogP contribution in [-0.2, 0) is 10.0 Å². The molecule has 1 aliphatic heterocycles. The van der Waals surface area contributed by atoms with Gasteiger partial charge in [0.1, 0.15) is 23.0 Å². The number of amidine groups is 1. The summed E-state index contributed by atoms with van der Waals surface area (Å²) >= 11 is 0. The fourth-order valence-corrected chi connectivity index (χ4v) is 4.62. The number of hydrogen-bond donors (Lipinski definition) is 1. The predicted octanol–water partition coefficient (Wildman–Crippen LogP) is 5.02. The Morgan fingerprint density at radius 2 is 1.75 bits per heavy atom. The van der Waals surface area contributed by atoms with Gasteiger partial charge < -0.3 is 14.4 Å². The maximum Gasteiger partial charge on any atom is 0.262 e. The molecule has 0 bridgehead atoms. The molecule has 1 N–H and O–H groups in total. The number of benzene rings is 3. The van der Waals surface area contributed by atoms with Gasteiger partial charge in [-0.2, -0.15) is 0 Å². The van der Waals surface area contributed by atoms with Crippen LogP contribution < -0.4 is 14.2 Å². The molecule has 166 valence electrons. The Labute approximate surface area is 188 Å². The van der Waals surface area contributed by atoms with Crippen LogP contribution in [0.4, 0.5) is 11.4 Å². The summed E-state index contributed by atoms with van der Waals surface area (Å²) in [6, 6.07) is 19.1. The van der Waals surface area contributed by atoms with Gasteiger partial charge in [-0.25, -0.2) is 13.4 Å². The van der Waals surface area contributed by atoms with Gasteiger partial charge in [0.05, 0.1) is 17.6 Å². The molecule has 0 saturated heterocycles. The summed E-state index contributed by atoms with van der Waals surface area (Å²) in [6.45, 7) is 5.60. The van der Waals surface area contributed by atoms with Gasteiger partial charge >= 0.3 is 0 Å². The first kappa shape index (κ1) is 21.7. The zero-order valence-corrected chi connectivity index (χ0v) is 19.0. The molecule has 0 spiro atoms. The molecule has 0 fully saturated rings. The van der Waals surface area contributed by atoms with Gasteiger partial charge in [-0.05, 0) is 56.3 Å². The van der Waals surface area contributed by atoms with Crippen LogP contribution in [0.5, 0.6) is 17.2 Å². The van der Waals surface area contributed by atoms with Crippen LogP contribution in [0.15, 0.2) is 76.6 Å². The fraction of sp³-hybridized carbons (Fsp3) is 0.208. The van der Waals surface area contributed by atoms with Crippen molar-refractivity contribution in [3.63, 3.8) is 0 Å². The second kappa shape index (κ2) is 8.92. The first-order valence-corrected chi connectivity index (χ1v) is 11.8. The van der Waals surface area contributed by atoms with E-state index < -0.39 is 10.0 Å². The minimum atomic E-state index is -3.81. The van der Waals surface area contributed by atoms with Gasteiger partial charge in [0.25, 0.3) is 10.0 Å². The maximum atomic E-state index is 13.0. The Kier molecular flexibility index (Phi) is 6.05. The molecular weight excluding hydrogens is 426 g/mol. The number of para-hydroxylation sites is 2. The average Bonchev–Trinajstić information content (AvgIpc) is 2.96. The Balaban J connectivity index is 1.76. The number of hydrogen-bond acceptors (Lipinski definition) is 6. The van der Waals surface area contributed by atoms with Crippen molar-refractivity contribution in [2.45, 2.75) is 18.7 Å². The highest BCUT2D eigenvalue weighted by Gasteiger charge is 2.23.